The fourth-order valence-electron chi connectivity index (χ4n) is 1.73. The molecule has 0 radical (unpaired) electrons. The summed E-state index contributed by atoms with van der Waals surface area (Å²) in [6.07, 6.45) is 0.771. The number of nitrogens with two attached hydrogens (primary N) is 1. The van der Waals surface area contributed by atoms with Gasteiger partial charge in [-0.3, -0.25) is 4.79 Å². The lowest BCUT2D eigenvalue weighted by Crippen LogP contribution is -2.25. The van der Waals surface area contributed by atoms with Crippen molar-refractivity contribution in [2.75, 3.05) is 6.54 Å². The second kappa shape index (κ2) is 5.75. The van der Waals surface area contributed by atoms with E-state index in [1.54, 1.807) is 0 Å². The van der Waals surface area contributed by atoms with E-state index in [4.69, 9.17) is 5.73 Å². The first-order valence-electron chi connectivity index (χ1n) is 5.54. The van der Waals surface area contributed by atoms with Gasteiger partial charge in [0, 0.05) is 18.0 Å². The maximum atomic E-state index is 12.7. The number of carbonyl (C=O) groups is 1. The van der Waals surface area contributed by atoms with Crippen molar-refractivity contribution in [2.45, 2.75) is 20.3 Å². The van der Waals surface area contributed by atoms with Gasteiger partial charge < -0.3 is 5.73 Å². The van der Waals surface area contributed by atoms with Gasteiger partial charge in [0.15, 0.2) is 5.78 Å². The number of rotatable bonds is 5. The molecule has 0 saturated heterocycles. The van der Waals surface area contributed by atoms with Crippen LogP contribution in [0.4, 0.5) is 4.39 Å². The van der Waals surface area contributed by atoms with Crippen LogP contribution in [-0.4, -0.2) is 12.3 Å². The average Bonchev–Trinajstić information content (AvgIpc) is 2.25. The summed E-state index contributed by atoms with van der Waals surface area (Å²) in [6, 6.07) is 5.63. The van der Waals surface area contributed by atoms with E-state index < -0.39 is 0 Å². The van der Waals surface area contributed by atoms with Crippen molar-refractivity contribution in [1.29, 1.82) is 0 Å². The van der Waals surface area contributed by atoms with Crippen LogP contribution in [0.3, 0.4) is 0 Å². The van der Waals surface area contributed by atoms with Gasteiger partial charge in [-0.2, -0.15) is 0 Å². The molecule has 0 amide bonds. The molecule has 1 atom stereocenters. The molecular weight excluding hydrogens is 205 g/mol. The molecule has 88 valence electrons. The lowest BCUT2D eigenvalue weighted by molar-refractivity contribution is 0.0909. The van der Waals surface area contributed by atoms with Crippen LogP contribution >= 0.6 is 0 Å². The van der Waals surface area contributed by atoms with E-state index in [9.17, 15) is 9.18 Å². The van der Waals surface area contributed by atoms with Crippen molar-refractivity contribution < 1.29 is 9.18 Å². The minimum absolute atomic E-state index is 0.0104. The van der Waals surface area contributed by atoms with Crippen LogP contribution in [0.2, 0.25) is 0 Å². The van der Waals surface area contributed by atoms with Crippen molar-refractivity contribution in [3.8, 4) is 0 Å². The summed E-state index contributed by atoms with van der Waals surface area (Å²) in [5.41, 5.74) is 6.13. The average molecular weight is 223 g/mol. The van der Waals surface area contributed by atoms with E-state index >= 15 is 0 Å². The van der Waals surface area contributed by atoms with Crippen molar-refractivity contribution in [3.63, 3.8) is 0 Å². The molecule has 0 bridgehead atoms. The highest BCUT2D eigenvalue weighted by Gasteiger charge is 2.19. The molecule has 16 heavy (non-hydrogen) atoms. The molecule has 1 aromatic carbocycles. The summed E-state index contributed by atoms with van der Waals surface area (Å²) in [5, 5.41) is 0. The first-order chi connectivity index (χ1) is 7.54. The molecule has 0 fully saturated rings. The van der Waals surface area contributed by atoms with Crippen LogP contribution in [0.1, 0.15) is 30.6 Å². The molecule has 1 unspecified atom stereocenters. The van der Waals surface area contributed by atoms with Crippen LogP contribution in [0, 0.1) is 17.7 Å². The Kier molecular flexibility index (Phi) is 4.62. The van der Waals surface area contributed by atoms with Gasteiger partial charge in [0.2, 0.25) is 0 Å². The summed E-state index contributed by atoms with van der Waals surface area (Å²) in [7, 11) is 0. The third-order valence-electron chi connectivity index (χ3n) is 2.54. The maximum absolute atomic E-state index is 12.7. The smallest absolute Gasteiger partial charge is 0.167 e. The zero-order valence-corrected chi connectivity index (χ0v) is 9.74. The van der Waals surface area contributed by atoms with Crippen LogP contribution in [-0.2, 0) is 0 Å². The third kappa shape index (κ3) is 3.42. The molecule has 0 aliphatic carbocycles. The Balaban J connectivity index is 2.78. The number of hydrogen-bond donors (Lipinski definition) is 1. The predicted molar refractivity (Wildman–Crippen MR) is 62.7 cm³/mol. The quantitative estimate of drug-likeness (QED) is 0.780. The third-order valence-corrected chi connectivity index (χ3v) is 2.54. The Bertz CT molecular complexity index is 345. The Morgan fingerprint density at radius 3 is 2.31 bits per heavy atom. The lowest BCUT2D eigenvalue weighted by Gasteiger charge is -2.15. The van der Waals surface area contributed by atoms with E-state index in [0.717, 1.165) is 6.42 Å². The summed E-state index contributed by atoms with van der Waals surface area (Å²) in [6.45, 7) is 4.45. The molecule has 0 aliphatic heterocycles. The Labute approximate surface area is 95.7 Å². The van der Waals surface area contributed by atoms with Gasteiger partial charge in [-0.25, -0.2) is 4.39 Å². The molecule has 0 aliphatic rings. The summed E-state index contributed by atoms with van der Waals surface area (Å²) >= 11 is 0. The molecule has 1 rings (SSSR count). The number of hydrogen-bond acceptors (Lipinski definition) is 2. The van der Waals surface area contributed by atoms with E-state index in [1.807, 2.05) is 0 Å². The van der Waals surface area contributed by atoms with Crippen molar-refractivity contribution in [2.24, 2.45) is 17.6 Å². The van der Waals surface area contributed by atoms with E-state index in [2.05, 4.69) is 13.8 Å². The molecule has 2 N–H and O–H groups in total. The number of benzene rings is 1. The van der Waals surface area contributed by atoms with Gasteiger partial charge in [-0.15, -0.1) is 0 Å². The van der Waals surface area contributed by atoms with Crippen LogP contribution in [0.15, 0.2) is 24.3 Å². The van der Waals surface area contributed by atoms with Gasteiger partial charge in [-0.05, 0) is 36.6 Å². The van der Waals surface area contributed by atoms with Gasteiger partial charge in [0.1, 0.15) is 5.82 Å². The first kappa shape index (κ1) is 12.8. The monoisotopic (exact) mass is 223 g/mol. The number of halogens is 1. The minimum atomic E-state index is -0.329. The number of ketones is 1. The van der Waals surface area contributed by atoms with Gasteiger partial charge in [0.25, 0.3) is 0 Å². The lowest BCUT2D eigenvalue weighted by atomic mass is 9.90. The zero-order valence-electron chi connectivity index (χ0n) is 9.74. The second-order valence-electron chi connectivity index (χ2n) is 4.43. The van der Waals surface area contributed by atoms with E-state index in [0.29, 0.717) is 18.0 Å². The van der Waals surface area contributed by atoms with Gasteiger partial charge in [-0.1, -0.05) is 13.8 Å². The second-order valence-corrected chi connectivity index (χ2v) is 4.43. The summed E-state index contributed by atoms with van der Waals surface area (Å²) in [5.74, 6) is -0.0516. The molecule has 0 spiro atoms. The fourth-order valence-corrected chi connectivity index (χ4v) is 1.73. The molecule has 2 nitrogen and oxygen atoms in total. The molecule has 0 heterocycles. The fraction of sp³-hybridized carbons (Fsp3) is 0.462. The Morgan fingerprint density at radius 1 is 1.31 bits per heavy atom. The summed E-state index contributed by atoms with van der Waals surface area (Å²) < 4.78 is 12.7. The zero-order chi connectivity index (χ0) is 12.1. The van der Waals surface area contributed by atoms with Gasteiger partial charge >= 0.3 is 0 Å². The van der Waals surface area contributed by atoms with Gasteiger partial charge in [0.05, 0.1) is 0 Å². The SMILES string of the molecule is CC(C)CC(CN)C(=O)c1ccc(F)cc1. The summed E-state index contributed by atoms with van der Waals surface area (Å²) in [4.78, 5) is 12.0. The Morgan fingerprint density at radius 2 is 1.88 bits per heavy atom. The van der Waals surface area contributed by atoms with Crippen molar-refractivity contribution in [3.05, 3.63) is 35.6 Å². The van der Waals surface area contributed by atoms with E-state index in [1.165, 1.54) is 24.3 Å². The largest absolute Gasteiger partial charge is 0.330 e. The molecule has 0 saturated carbocycles. The van der Waals surface area contributed by atoms with E-state index in [-0.39, 0.29) is 17.5 Å². The molecule has 1 aromatic rings. The van der Waals surface area contributed by atoms with Crippen LogP contribution in [0.5, 0.6) is 0 Å². The first-order valence-corrected chi connectivity index (χ1v) is 5.54. The topological polar surface area (TPSA) is 43.1 Å². The molecular formula is C13H18FNO. The molecule has 3 heteroatoms. The number of carbonyl (C=O) groups excluding carboxylic acids is 1. The van der Waals surface area contributed by atoms with Crippen LogP contribution < -0.4 is 5.73 Å². The maximum Gasteiger partial charge on any atom is 0.167 e. The van der Waals surface area contributed by atoms with Crippen LogP contribution in [0.25, 0.3) is 0 Å². The standard InChI is InChI=1S/C13H18FNO/c1-9(2)7-11(8-15)13(16)10-3-5-12(14)6-4-10/h3-6,9,11H,7-8,15H2,1-2H3. The highest BCUT2D eigenvalue weighted by atomic mass is 19.1. The number of Topliss-reactive ketones (excluding diaryl/α,β-unsaturated/α-hetero) is 1. The highest BCUT2D eigenvalue weighted by Crippen LogP contribution is 2.16. The van der Waals surface area contributed by atoms with Crippen molar-refractivity contribution in [1.82, 2.24) is 0 Å². The highest BCUT2D eigenvalue weighted by molar-refractivity contribution is 5.97. The minimum Gasteiger partial charge on any atom is -0.330 e. The molecule has 0 aromatic heterocycles. The van der Waals surface area contributed by atoms with Crippen molar-refractivity contribution >= 4 is 5.78 Å². The Hall–Kier alpha value is -1.22. The normalized spacial score (nSPS) is 12.8. The predicted octanol–water partition coefficient (Wildman–Crippen LogP) is 2.63.